The number of ether oxygens (including phenoxy) is 1. The normalized spacial score (nSPS) is 17.8. The molecule has 6 nitrogen and oxygen atoms in total. The number of hydrogen-bond acceptors (Lipinski definition) is 4. The molecule has 0 radical (unpaired) electrons. The number of alkyl halides is 3. The first-order chi connectivity index (χ1) is 14.3. The van der Waals surface area contributed by atoms with E-state index in [4.69, 9.17) is 4.74 Å². The molecular weight excluding hydrogens is 402 g/mol. The molecular formula is C20H23F4N5O. The zero-order chi connectivity index (χ0) is 21.6. The van der Waals surface area contributed by atoms with Crippen LogP contribution in [0.2, 0.25) is 0 Å². The van der Waals surface area contributed by atoms with Gasteiger partial charge in [0, 0.05) is 38.9 Å². The molecule has 0 spiro atoms. The number of pyridine rings is 1. The van der Waals surface area contributed by atoms with Crippen LogP contribution in [0.3, 0.4) is 0 Å². The standard InChI is InChI=1S/C20H23F4N5O/c1-25-19(28-15-6-8-29(12-15)13-20(22,23)24)27-10-14-4-5-18(17(21)9-14)30-16-3-2-7-26-11-16/h2-5,7,9,11,15H,6,8,10,12-13H2,1H3,(H2,25,27,28). The molecule has 0 bridgehead atoms. The molecule has 2 heterocycles. The first-order valence-corrected chi connectivity index (χ1v) is 9.45. The number of aromatic nitrogens is 1. The number of guanidine groups is 1. The van der Waals surface area contributed by atoms with Crippen molar-refractivity contribution >= 4 is 5.96 Å². The van der Waals surface area contributed by atoms with Crippen LogP contribution in [0.15, 0.2) is 47.7 Å². The zero-order valence-corrected chi connectivity index (χ0v) is 16.4. The minimum absolute atomic E-state index is 0.0879. The second-order valence-corrected chi connectivity index (χ2v) is 6.96. The van der Waals surface area contributed by atoms with Gasteiger partial charge >= 0.3 is 6.18 Å². The molecule has 1 aromatic heterocycles. The van der Waals surface area contributed by atoms with Gasteiger partial charge in [-0.15, -0.1) is 0 Å². The van der Waals surface area contributed by atoms with Crippen LogP contribution in [0.25, 0.3) is 0 Å². The molecule has 2 N–H and O–H groups in total. The predicted octanol–water partition coefficient (Wildman–Crippen LogP) is 3.31. The maximum atomic E-state index is 14.3. The molecule has 3 rings (SSSR count). The maximum absolute atomic E-state index is 14.3. The minimum atomic E-state index is -4.20. The average Bonchev–Trinajstić information content (AvgIpc) is 3.13. The quantitative estimate of drug-likeness (QED) is 0.423. The molecule has 0 saturated carbocycles. The van der Waals surface area contributed by atoms with Gasteiger partial charge in [0.2, 0.25) is 0 Å². The van der Waals surface area contributed by atoms with Crippen LogP contribution >= 0.6 is 0 Å². The number of aliphatic imine (C=N–C) groups is 1. The second kappa shape index (κ2) is 9.75. The van der Waals surface area contributed by atoms with E-state index in [1.54, 1.807) is 31.4 Å². The van der Waals surface area contributed by atoms with Crippen LogP contribution in [0.1, 0.15) is 12.0 Å². The fourth-order valence-electron chi connectivity index (χ4n) is 3.19. The summed E-state index contributed by atoms with van der Waals surface area (Å²) in [6.45, 7) is 0.0414. The Balaban J connectivity index is 1.50. The van der Waals surface area contributed by atoms with Crippen LogP contribution in [0.5, 0.6) is 11.5 Å². The topological polar surface area (TPSA) is 61.8 Å². The van der Waals surface area contributed by atoms with Gasteiger partial charge < -0.3 is 15.4 Å². The van der Waals surface area contributed by atoms with Crippen molar-refractivity contribution < 1.29 is 22.3 Å². The summed E-state index contributed by atoms with van der Waals surface area (Å²) in [4.78, 5) is 9.37. The molecule has 30 heavy (non-hydrogen) atoms. The fraction of sp³-hybridized carbons (Fsp3) is 0.400. The third-order valence-corrected chi connectivity index (χ3v) is 4.56. The number of nitrogens with zero attached hydrogens (tertiary/aromatic N) is 3. The Kier molecular flexibility index (Phi) is 7.09. The van der Waals surface area contributed by atoms with Crippen LogP contribution in [0, 0.1) is 5.82 Å². The van der Waals surface area contributed by atoms with E-state index in [0.29, 0.717) is 36.8 Å². The van der Waals surface area contributed by atoms with Gasteiger partial charge in [0.05, 0.1) is 12.7 Å². The highest BCUT2D eigenvalue weighted by molar-refractivity contribution is 5.80. The molecule has 162 valence electrons. The number of rotatable bonds is 6. The van der Waals surface area contributed by atoms with Crippen LogP contribution in [-0.2, 0) is 6.54 Å². The molecule has 0 amide bonds. The summed E-state index contributed by atoms with van der Waals surface area (Å²) < 4.78 is 57.3. The van der Waals surface area contributed by atoms with Gasteiger partial charge in [-0.25, -0.2) is 4.39 Å². The van der Waals surface area contributed by atoms with Crippen LogP contribution in [0.4, 0.5) is 17.6 Å². The Morgan fingerprint density at radius 2 is 2.17 bits per heavy atom. The summed E-state index contributed by atoms with van der Waals surface area (Å²) in [6, 6.07) is 7.84. The smallest absolute Gasteiger partial charge is 0.401 e. The summed E-state index contributed by atoms with van der Waals surface area (Å²) >= 11 is 0. The second-order valence-electron chi connectivity index (χ2n) is 6.96. The molecule has 1 saturated heterocycles. The van der Waals surface area contributed by atoms with E-state index in [2.05, 4.69) is 20.6 Å². The van der Waals surface area contributed by atoms with Crippen molar-refractivity contribution in [3.63, 3.8) is 0 Å². The molecule has 1 aromatic carbocycles. The van der Waals surface area contributed by atoms with Crippen LogP contribution < -0.4 is 15.4 Å². The number of nitrogens with one attached hydrogen (secondary N) is 2. The molecule has 1 aliphatic heterocycles. The highest BCUT2D eigenvalue weighted by Crippen LogP contribution is 2.24. The van der Waals surface area contributed by atoms with Crippen molar-refractivity contribution in [2.24, 2.45) is 4.99 Å². The lowest BCUT2D eigenvalue weighted by molar-refractivity contribution is -0.143. The van der Waals surface area contributed by atoms with E-state index in [9.17, 15) is 17.6 Å². The molecule has 2 aromatic rings. The van der Waals surface area contributed by atoms with E-state index < -0.39 is 18.5 Å². The van der Waals surface area contributed by atoms with E-state index in [-0.39, 0.29) is 18.3 Å². The van der Waals surface area contributed by atoms with Crippen molar-refractivity contribution in [3.05, 3.63) is 54.1 Å². The molecule has 1 aliphatic rings. The third kappa shape index (κ3) is 6.58. The van der Waals surface area contributed by atoms with Gasteiger partial charge in [-0.2, -0.15) is 13.2 Å². The van der Waals surface area contributed by atoms with E-state index in [1.807, 2.05) is 0 Å². The highest BCUT2D eigenvalue weighted by Gasteiger charge is 2.34. The zero-order valence-electron chi connectivity index (χ0n) is 16.4. The van der Waals surface area contributed by atoms with Crippen molar-refractivity contribution in [3.8, 4) is 11.5 Å². The van der Waals surface area contributed by atoms with Gasteiger partial charge in [0.1, 0.15) is 5.75 Å². The van der Waals surface area contributed by atoms with Gasteiger partial charge in [0.25, 0.3) is 0 Å². The molecule has 1 unspecified atom stereocenters. The van der Waals surface area contributed by atoms with Gasteiger partial charge in [-0.1, -0.05) is 6.07 Å². The average molecular weight is 425 g/mol. The Bertz CT molecular complexity index is 860. The number of likely N-dealkylation sites (tertiary alicyclic amines) is 1. The van der Waals surface area contributed by atoms with Crippen molar-refractivity contribution in [2.75, 3.05) is 26.7 Å². The monoisotopic (exact) mass is 425 g/mol. The largest absolute Gasteiger partial charge is 0.453 e. The lowest BCUT2D eigenvalue weighted by Crippen LogP contribution is -2.44. The van der Waals surface area contributed by atoms with Crippen molar-refractivity contribution in [1.82, 2.24) is 20.5 Å². The summed E-state index contributed by atoms with van der Waals surface area (Å²) in [5, 5.41) is 6.17. The van der Waals surface area contributed by atoms with Crippen molar-refractivity contribution in [1.29, 1.82) is 0 Å². The number of halogens is 4. The van der Waals surface area contributed by atoms with Gasteiger partial charge in [-0.05, 0) is 36.2 Å². The lowest BCUT2D eigenvalue weighted by Gasteiger charge is -2.20. The summed E-state index contributed by atoms with van der Waals surface area (Å²) in [7, 11) is 1.57. The van der Waals surface area contributed by atoms with E-state index in [0.717, 1.165) is 0 Å². The predicted molar refractivity (Wildman–Crippen MR) is 105 cm³/mol. The molecule has 10 heteroatoms. The summed E-state index contributed by atoms with van der Waals surface area (Å²) in [6.07, 6.45) is -0.528. The highest BCUT2D eigenvalue weighted by atomic mass is 19.4. The Labute approximate surface area is 172 Å². The Hall–Kier alpha value is -2.88. The first-order valence-electron chi connectivity index (χ1n) is 9.45. The van der Waals surface area contributed by atoms with Crippen LogP contribution in [-0.4, -0.2) is 54.7 Å². The summed E-state index contributed by atoms with van der Waals surface area (Å²) in [5.74, 6) is 0.456. The Morgan fingerprint density at radius 3 is 2.83 bits per heavy atom. The first kappa shape index (κ1) is 21.8. The SMILES string of the molecule is CN=C(NCc1ccc(Oc2cccnc2)c(F)c1)NC1CCN(CC(F)(F)F)C1. The number of hydrogen-bond donors (Lipinski definition) is 2. The summed E-state index contributed by atoms with van der Waals surface area (Å²) in [5.41, 5.74) is 0.666. The van der Waals surface area contributed by atoms with E-state index >= 15 is 0 Å². The Morgan fingerprint density at radius 1 is 1.33 bits per heavy atom. The molecule has 1 atom stereocenters. The minimum Gasteiger partial charge on any atom is -0.453 e. The van der Waals surface area contributed by atoms with E-state index in [1.165, 1.54) is 23.2 Å². The molecule has 0 aliphatic carbocycles. The van der Waals surface area contributed by atoms with Crippen molar-refractivity contribution in [2.45, 2.75) is 25.2 Å². The fourth-order valence-corrected chi connectivity index (χ4v) is 3.19. The number of benzene rings is 1. The maximum Gasteiger partial charge on any atom is 0.401 e. The van der Waals surface area contributed by atoms with Gasteiger partial charge in [-0.3, -0.25) is 14.9 Å². The molecule has 1 fully saturated rings. The van der Waals surface area contributed by atoms with Gasteiger partial charge in [0.15, 0.2) is 17.5 Å². The lowest BCUT2D eigenvalue weighted by atomic mass is 10.2. The third-order valence-electron chi connectivity index (χ3n) is 4.56.